The molecule has 0 radical (unpaired) electrons. The number of benzene rings is 2. The molecule has 26 heavy (non-hydrogen) atoms. The van der Waals surface area contributed by atoms with Gasteiger partial charge in [-0.15, -0.1) is 0 Å². The summed E-state index contributed by atoms with van der Waals surface area (Å²) < 4.78 is 13.1. The molecule has 3 N–H and O–H groups in total. The van der Waals surface area contributed by atoms with Crippen LogP contribution in [0, 0.1) is 5.82 Å². The largest absolute Gasteiger partial charge is 0.320 e. The molecule has 0 aliphatic carbocycles. The quantitative estimate of drug-likeness (QED) is 0.713. The van der Waals surface area contributed by atoms with Gasteiger partial charge in [0.1, 0.15) is 38.0 Å². The van der Waals surface area contributed by atoms with Gasteiger partial charge in [-0.1, -0.05) is 35.9 Å². The Balaban J connectivity index is 1.48. The topological polar surface area (TPSA) is 38.0 Å². The highest BCUT2D eigenvalue weighted by molar-refractivity contribution is 6.33. The maximum Gasteiger partial charge on any atom is 0.279 e. The molecule has 1 heterocycles. The summed E-state index contributed by atoms with van der Waals surface area (Å²) in [6.07, 6.45) is 0. The molecule has 0 unspecified atom stereocenters. The number of amides is 1. The summed E-state index contributed by atoms with van der Waals surface area (Å²) >= 11 is 6.08. The van der Waals surface area contributed by atoms with Crippen LogP contribution in [0.3, 0.4) is 0 Å². The van der Waals surface area contributed by atoms with Crippen molar-refractivity contribution in [2.75, 3.05) is 38.0 Å². The van der Waals surface area contributed by atoms with Crippen molar-refractivity contribution in [3.05, 3.63) is 64.9 Å². The molecule has 1 atom stereocenters. The minimum atomic E-state index is -0.199. The van der Waals surface area contributed by atoms with Gasteiger partial charge in [0.05, 0.1) is 10.7 Å². The fraction of sp³-hybridized carbons (Fsp3) is 0.350. The molecule has 1 fully saturated rings. The molecule has 1 aliphatic heterocycles. The Hall–Kier alpha value is -1.95. The van der Waals surface area contributed by atoms with Crippen molar-refractivity contribution < 1.29 is 19.0 Å². The third-order valence-corrected chi connectivity index (χ3v) is 5.47. The number of carbonyl (C=O) groups excluding carboxylic acids is 1. The van der Waals surface area contributed by atoms with Crippen LogP contribution >= 0.6 is 11.6 Å². The number of piperazine rings is 1. The first kappa shape index (κ1) is 18.8. The highest BCUT2D eigenvalue weighted by Crippen LogP contribution is 2.19. The Kier molecular flexibility index (Phi) is 6.25. The van der Waals surface area contributed by atoms with E-state index in [0.29, 0.717) is 23.3 Å². The molecule has 0 aromatic heterocycles. The zero-order valence-corrected chi connectivity index (χ0v) is 15.7. The number of quaternary nitrogens is 2. The van der Waals surface area contributed by atoms with E-state index in [-0.39, 0.29) is 11.7 Å². The summed E-state index contributed by atoms with van der Waals surface area (Å²) in [6.45, 7) is 6.50. The van der Waals surface area contributed by atoms with Crippen LogP contribution in [0.25, 0.3) is 0 Å². The smallest absolute Gasteiger partial charge is 0.279 e. The first-order chi connectivity index (χ1) is 12.5. The Morgan fingerprint density at radius 1 is 1.12 bits per heavy atom. The van der Waals surface area contributed by atoms with Crippen molar-refractivity contribution in [3.8, 4) is 0 Å². The van der Waals surface area contributed by atoms with E-state index in [1.807, 2.05) is 30.3 Å². The van der Waals surface area contributed by atoms with Gasteiger partial charge in [-0.2, -0.15) is 0 Å². The van der Waals surface area contributed by atoms with Gasteiger partial charge in [-0.3, -0.25) is 4.79 Å². The second kappa shape index (κ2) is 8.62. The molecule has 1 aliphatic rings. The SMILES string of the molecule is C[C@H](c1ccc(F)cc1)[NH+]1CC[NH+](CC(=O)Nc2ccccc2Cl)CC1. The summed E-state index contributed by atoms with van der Waals surface area (Å²) in [5.41, 5.74) is 1.81. The zero-order chi connectivity index (χ0) is 18.5. The number of rotatable bonds is 5. The standard InChI is InChI=1S/C20H23ClFN3O/c1-15(16-6-8-17(22)9-7-16)25-12-10-24(11-13-25)14-20(26)23-19-5-3-2-4-18(19)21/h2-9,15H,10-14H2,1H3,(H,23,26)/p+2/t15-/m1/s1. The van der Waals surface area contributed by atoms with Gasteiger partial charge in [0.15, 0.2) is 6.54 Å². The lowest BCUT2D eigenvalue weighted by Crippen LogP contribution is -3.28. The van der Waals surface area contributed by atoms with E-state index in [1.54, 1.807) is 6.07 Å². The van der Waals surface area contributed by atoms with E-state index >= 15 is 0 Å². The van der Waals surface area contributed by atoms with Gasteiger partial charge in [0.25, 0.3) is 5.91 Å². The molecule has 0 spiro atoms. The molecular formula is C20H25ClFN3O+2. The van der Waals surface area contributed by atoms with E-state index in [4.69, 9.17) is 11.6 Å². The van der Waals surface area contributed by atoms with Gasteiger partial charge in [0, 0.05) is 5.56 Å². The molecule has 1 amide bonds. The number of halogens is 2. The molecule has 2 aromatic carbocycles. The minimum absolute atomic E-state index is 0.0110. The number of hydrogen-bond donors (Lipinski definition) is 3. The molecule has 4 nitrogen and oxygen atoms in total. The Morgan fingerprint density at radius 2 is 1.77 bits per heavy atom. The van der Waals surface area contributed by atoms with Gasteiger partial charge < -0.3 is 15.1 Å². The fourth-order valence-corrected chi connectivity index (χ4v) is 3.69. The highest BCUT2D eigenvalue weighted by atomic mass is 35.5. The Morgan fingerprint density at radius 3 is 2.42 bits per heavy atom. The summed E-state index contributed by atoms with van der Waals surface area (Å²) in [6, 6.07) is 14.4. The van der Waals surface area contributed by atoms with Crippen molar-refractivity contribution >= 4 is 23.2 Å². The van der Waals surface area contributed by atoms with Crippen LogP contribution in [0.2, 0.25) is 5.02 Å². The summed E-state index contributed by atoms with van der Waals surface area (Å²) in [7, 11) is 0. The maximum absolute atomic E-state index is 13.1. The molecule has 0 saturated carbocycles. The number of carbonyl (C=O) groups is 1. The average Bonchev–Trinajstić information content (AvgIpc) is 2.64. The molecule has 2 aromatic rings. The lowest BCUT2D eigenvalue weighted by atomic mass is 10.1. The van der Waals surface area contributed by atoms with Crippen LogP contribution in [-0.4, -0.2) is 38.6 Å². The van der Waals surface area contributed by atoms with E-state index < -0.39 is 0 Å². The van der Waals surface area contributed by atoms with Gasteiger partial charge in [-0.05, 0) is 31.2 Å². The maximum atomic E-state index is 13.1. The minimum Gasteiger partial charge on any atom is -0.320 e. The molecular weight excluding hydrogens is 353 g/mol. The summed E-state index contributed by atoms with van der Waals surface area (Å²) in [5, 5.41) is 3.44. The predicted octanol–water partition coefficient (Wildman–Crippen LogP) is 0.962. The molecule has 6 heteroatoms. The molecule has 0 bridgehead atoms. The van der Waals surface area contributed by atoms with E-state index in [1.165, 1.54) is 21.9 Å². The Labute approximate surface area is 158 Å². The van der Waals surface area contributed by atoms with Crippen molar-refractivity contribution in [1.29, 1.82) is 0 Å². The molecule has 1 saturated heterocycles. The third-order valence-electron chi connectivity index (χ3n) is 5.14. The van der Waals surface area contributed by atoms with Gasteiger partial charge in [-0.25, -0.2) is 4.39 Å². The number of anilines is 1. The van der Waals surface area contributed by atoms with E-state index in [0.717, 1.165) is 31.7 Å². The van der Waals surface area contributed by atoms with E-state index in [2.05, 4.69) is 12.2 Å². The van der Waals surface area contributed by atoms with Crippen LogP contribution in [0.5, 0.6) is 0 Å². The van der Waals surface area contributed by atoms with Gasteiger partial charge >= 0.3 is 0 Å². The second-order valence-electron chi connectivity index (χ2n) is 6.89. The first-order valence-electron chi connectivity index (χ1n) is 9.01. The van der Waals surface area contributed by atoms with Crippen molar-refractivity contribution in [1.82, 2.24) is 0 Å². The summed E-state index contributed by atoms with van der Waals surface area (Å²) in [4.78, 5) is 15.0. The fourth-order valence-electron chi connectivity index (χ4n) is 3.51. The van der Waals surface area contributed by atoms with Crippen molar-refractivity contribution in [2.45, 2.75) is 13.0 Å². The van der Waals surface area contributed by atoms with Crippen LogP contribution in [0.1, 0.15) is 18.5 Å². The average molecular weight is 378 g/mol. The normalized spacial score (nSPS) is 21.2. The lowest BCUT2D eigenvalue weighted by molar-refractivity contribution is -1.02. The van der Waals surface area contributed by atoms with Crippen LogP contribution in [-0.2, 0) is 4.79 Å². The highest BCUT2D eigenvalue weighted by Gasteiger charge is 2.29. The van der Waals surface area contributed by atoms with Crippen LogP contribution < -0.4 is 15.1 Å². The van der Waals surface area contributed by atoms with E-state index in [9.17, 15) is 9.18 Å². The number of hydrogen-bond acceptors (Lipinski definition) is 1. The molecule has 3 rings (SSSR count). The monoisotopic (exact) mass is 377 g/mol. The van der Waals surface area contributed by atoms with Crippen LogP contribution in [0.4, 0.5) is 10.1 Å². The second-order valence-corrected chi connectivity index (χ2v) is 7.29. The Bertz CT molecular complexity index is 745. The van der Waals surface area contributed by atoms with Crippen molar-refractivity contribution in [2.24, 2.45) is 0 Å². The lowest BCUT2D eigenvalue weighted by Gasteiger charge is -2.33. The summed E-state index contributed by atoms with van der Waals surface area (Å²) in [5.74, 6) is -0.210. The first-order valence-corrected chi connectivity index (χ1v) is 9.38. The van der Waals surface area contributed by atoms with Crippen molar-refractivity contribution in [3.63, 3.8) is 0 Å². The zero-order valence-electron chi connectivity index (χ0n) is 14.9. The van der Waals surface area contributed by atoms with Gasteiger partial charge in [0.2, 0.25) is 0 Å². The number of para-hydroxylation sites is 1. The number of nitrogens with one attached hydrogen (secondary N) is 3. The third kappa shape index (κ3) is 4.81. The predicted molar refractivity (Wildman–Crippen MR) is 101 cm³/mol. The molecule has 138 valence electrons. The van der Waals surface area contributed by atoms with Crippen LogP contribution in [0.15, 0.2) is 48.5 Å².